The molecule has 1 atom stereocenters. The summed E-state index contributed by atoms with van der Waals surface area (Å²) in [6, 6.07) is 0. The minimum Gasteiger partial charge on any atom is -0.393 e. The van der Waals surface area contributed by atoms with E-state index in [0.29, 0.717) is 6.42 Å². The highest BCUT2D eigenvalue weighted by atomic mass is 32.2. The molecule has 0 aliphatic heterocycles. The Morgan fingerprint density at radius 3 is 1.35 bits per heavy atom. The van der Waals surface area contributed by atoms with Crippen molar-refractivity contribution in [1.82, 2.24) is 0 Å². The summed E-state index contributed by atoms with van der Waals surface area (Å²) in [6.07, 6.45) is 20.7. The molecule has 4 nitrogen and oxygen atoms in total. The predicted molar refractivity (Wildman–Crippen MR) is 111 cm³/mol. The van der Waals surface area contributed by atoms with Crippen LogP contribution in [0.25, 0.3) is 0 Å². The molecular formula is C21H44O4S. The van der Waals surface area contributed by atoms with Gasteiger partial charge in [0.05, 0.1) is 11.9 Å². The Bertz CT molecular complexity index is 381. The quantitative estimate of drug-likeness (QED) is 0.189. The Labute approximate surface area is 162 Å². The Balaban J connectivity index is 3.15. The van der Waals surface area contributed by atoms with Crippen molar-refractivity contribution in [1.29, 1.82) is 0 Å². The average molecular weight is 393 g/mol. The first-order valence-electron chi connectivity index (χ1n) is 11.1. The zero-order valence-electron chi connectivity index (χ0n) is 17.1. The molecule has 2 N–H and O–H groups in total. The zero-order chi connectivity index (χ0) is 19.5. The van der Waals surface area contributed by atoms with Crippen molar-refractivity contribution in [2.24, 2.45) is 0 Å². The van der Waals surface area contributed by atoms with Crippen LogP contribution >= 0.6 is 0 Å². The van der Waals surface area contributed by atoms with Crippen LogP contribution in [0.3, 0.4) is 0 Å². The van der Waals surface area contributed by atoms with Gasteiger partial charge in [0.15, 0.2) is 0 Å². The van der Waals surface area contributed by atoms with Gasteiger partial charge in [-0.2, -0.15) is 8.42 Å². The molecule has 0 aromatic carbocycles. The fraction of sp³-hybridized carbons (Fsp3) is 1.00. The molecular weight excluding hydrogens is 348 g/mol. The van der Waals surface area contributed by atoms with Gasteiger partial charge in [-0.1, -0.05) is 103 Å². The maximum absolute atomic E-state index is 10.6. The maximum Gasteiger partial charge on any atom is 0.264 e. The van der Waals surface area contributed by atoms with Crippen LogP contribution in [0, 0.1) is 0 Å². The third-order valence-corrected chi connectivity index (χ3v) is 5.89. The van der Waals surface area contributed by atoms with Crippen molar-refractivity contribution in [3.63, 3.8) is 0 Å². The lowest BCUT2D eigenvalue weighted by atomic mass is 10.0. The lowest BCUT2D eigenvalue weighted by molar-refractivity contribution is 0.147. The van der Waals surface area contributed by atoms with Gasteiger partial charge in [0.25, 0.3) is 10.1 Å². The molecule has 0 spiro atoms. The van der Waals surface area contributed by atoms with Gasteiger partial charge in [0.2, 0.25) is 0 Å². The second-order valence-electron chi connectivity index (χ2n) is 7.82. The third kappa shape index (κ3) is 21.9. The molecule has 0 saturated carbocycles. The van der Waals surface area contributed by atoms with Crippen LogP contribution in [-0.4, -0.2) is 29.9 Å². The highest BCUT2D eigenvalue weighted by Crippen LogP contribution is 2.15. The standard InChI is InChI=1S/C21H44O4S/c1-2-3-4-15-18-21(22)19-16-13-11-9-7-5-6-8-10-12-14-17-20-26(23,24)25/h21-22H,2-20H2,1H3,(H,23,24,25). The van der Waals surface area contributed by atoms with Gasteiger partial charge >= 0.3 is 0 Å². The maximum atomic E-state index is 10.6. The number of aliphatic hydroxyl groups is 1. The molecule has 0 amide bonds. The predicted octanol–water partition coefficient (Wildman–Crippen LogP) is 6.28. The lowest BCUT2D eigenvalue weighted by Crippen LogP contribution is -2.05. The molecule has 0 saturated heterocycles. The van der Waals surface area contributed by atoms with Crippen molar-refractivity contribution in [2.45, 2.75) is 129 Å². The summed E-state index contributed by atoms with van der Waals surface area (Å²) >= 11 is 0. The van der Waals surface area contributed by atoms with Gasteiger partial charge in [-0.25, -0.2) is 0 Å². The second-order valence-corrected chi connectivity index (χ2v) is 9.39. The highest BCUT2D eigenvalue weighted by Gasteiger charge is 2.04. The molecule has 0 aromatic heterocycles. The van der Waals surface area contributed by atoms with E-state index in [1.54, 1.807) is 0 Å². The van der Waals surface area contributed by atoms with Crippen LogP contribution in [0.2, 0.25) is 0 Å². The first-order valence-corrected chi connectivity index (χ1v) is 12.7. The molecule has 0 radical (unpaired) electrons. The smallest absolute Gasteiger partial charge is 0.264 e. The van der Waals surface area contributed by atoms with Crippen LogP contribution < -0.4 is 0 Å². The Morgan fingerprint density at radius 2 is 0.962 bits per heavy atom. The largest absolute Gasteiger partial charge is 0.393 e. The van der Waals surface area contributed by atoms with Crippen molar-refractivity contribution < 1.29 is 18.1 Å². The van der Waals surface area contributed by atoms with E-state index >= 15 is 0 Å². The van der Waals surface area contributed by atoms with Crippen LogP contribution in [0.5, 0.6) is 0 Å². The van der Waals surface area contributed by atoms with Crippen LogP contribution in [-0.2, 0) is 10.1 Å². The van der Waals surface area contributed by atoms with E-state index in [0.717, 1.165) is 25.7 Å². The summed E-state index contributed by atoms with van der Waals surface area (Å²) in [5, 5.41) is 9.92. The molecule has 0 rings (SSSR count). The summed E-state index contributed by atoms with van der Waals surface area (Å²) < 4.78 is 29.8. The van der Waals surface area contributed by atoms with Crippen molar-refractivity contribution in [2.75, 3.05) is 5.75 Å². The molecule has 26 heavy (non-hydrogen) atoms. The van der Waals surface area contributed by atoms with Gasteiger partial charge in [-0.15, -0.1) is 0 Å². The third-order valence-electron chi connectivity index (χ3n) is 5.08. The highest BCUT2D eigenvalue weighted by molar-refractivity contribution is 7.85. The normalized spacial score (nSPS) is 13.2. The first kappa shape index (κ1) is 25.9. The number of unbranched alkanes of at least 4 members (excludes halogenated alkanes) is 14. The molecule has 0 bridgehead atoms. The van der Waals surface area contributed by atoms with E-state index < -0.39 is 10.1 Å². The van der Waals surface area contributed by atoms with Crippen molar-refractivity contribution >= 4 is 10.1 Å². The van der Waals surface area contributed by atoms with Crippen LogP contribution in [0.4, 0.5) is 0 Å². The minimum absolute atomic E-state index is 0.0793. The fourth-order valence-electron chi connectivity index (χ4n) is 3.38. The van der Waals surface area contributed by atoms with Gasteiger partial charge in [-0.05, 0) is 19.3 Å². The monoisotopic (exact) mass is 392 g/mol. The van der Waals surface area contributed by atoms with Gasteiger partial charge in [0, 0.05) is 0 Å². The molecule has 1 unspecified atom stereocenters. The summed E-state index contributed by atoms with van der Waals surface area (Å²) in [4.78, 5) is 0. The molecule has 0 fully saturated rings. The van der Waals surface area contributed by atoms with E-state index in [4.69, 9.17) is 4.55 Å². The summed E-state index contributed by atoms with van der Waals surface area (Å²) in [5.74, 6) is -0.0944. The lowest BCUT2D eigenvalue weighted by Gasteiger charge is -2.10. The molecule has 0 aliphatic rings. The molecule has 0 aliphatic carbocycles. The number of hydrogen-bond acceptors (Lipinski definition) is 3. The van der Waals surface area contributed by atoms with E-state index in [1.165, 1.54) is 83.5 Å². The molecule has 158 valence electrons. The topological polar surface area (TPSA) is 74.6 Å². The molecule has 0 heterocycles. The van der Waals surface area contributed by atoms with Gasteiger partial charge in [0.1, 0.15) is 0 Å². The molecule has 0 aromatic rings. The second kappa shape index (κ2) is 18.2. The number of hydrogen-bond donors (Lipinski definition) is 2. The van der Waals surface area contributed by atoms with Crippen LogP contribution in [0.15, 0.2) is 0 Å². The number of rotatable bonds is 20. The van der Waals surface area contributed by atoms with E-state index in [2.05, 4.69) is 6.92 Å². The first-order chi connectivity index (χ1) is 12.5. The summed E-state index contributed by atoms with van der Waals surface area (Å²) in [5.41, 5.74) is 0. The minimum atomic E-state index is -3.76. The van der Waals surface area contributed by atoms with E-state index in [-0.39, 0.29) is 11.9 Å². The van der Waals surface area contributed by atoms with Gasteiger partial charge < -0.3 is 5.11 Å². The Morgan fingerprint density at radius 1 is 0.615 bits per heavy atom. The van der Waals surface area contributed by atoms with Gasteiger partial charge in [-0.3, -0.25) is 4.55 Å². The van der Waals surface area contributed by atoms with E-state index in [1.807, 2.05) is 0 Å². The van der Waals surface area contributed by atoms with Crippen LogP contribution in [0.1, 0.15) is 122 Å². The Hall–Kier alpha value is -0.130. The van der Waals surface area contributed by atoms with Crippen molar-refractivity contribution in [3.8, 4) is 0 Å². The SMILES string of the molecule is CCCCCCC(O)CCCCCCCCCCCCCCS(=O)(=O)O. The Kier molecular flexibility index (Phi) is 18.2. The molecule has 5 heteroatoms. The summed E-state index contributed by atoms with van der Waals surface area (Å²) in [7, 11) is -3.76. The van der Waals surface area contributed by atoms with Crippen molar-refractivity contribution in [3.05, 3.63) is 0 Å². The number of aliphatic hydroxyl groups excluding tert-OH is 1. The average Bonchev–Trinajstić information content (AvgIpc) is 2.58. The fourth-order valence-corrected chi connectivity index (χ4v) is 3.95. The summed E-state index contributed by atoms with van der Waals surface area (Å²) in [6.45, 7) is 2.22. The van der Waals surface area contributed by atoms with E-state index in [9.17, 15) is 13.5 Å². The zero-order valence-corrected chi connectivity index (χ0v) is 17.9.